The second-order valence-electron chi connectivity index (χ2n) is 7.00. The van der Waals surface area contributed by atoms with Gasteiger partial charge < -0.3 is 4.74 Å². The third-order valence-corrected chi connectivity index (χ3v) is 4.17. The molecule has 0 aromatic carbocycles. The highest BCUT2D eigenvalue weighted by atomic mass is 32.1. The molecule has 24 heavy (non-hydrogen) atoms. The van der Waals surface area contributed by atoms with Gasteiger partial charge in [-0.15, -0.1) is 11.3 Å². The van der Waals surface area contributed by atoms with Gasteiger partial charge in [-0.1, -0.05) is 13.8 Å². The quantitative estimate of drug-likeness (QED) is 0.844. The number of aryl methyl sites for hydroxylation is 2. The Bertz CT molecular complexity index is 690. The predicted octanol–water partition coefficient (Wildman–Crippen LogP) is 4.79. The summed E-state index contributed by atoms with van der Waals surface area (Å²) in [5.41, 5.74) is 1.73. The smallest absolute Gasteiger partial charge is 0.413 e. The van der Waals surface area contributed by atoms with Crippen LogP contribution in [0.4, 0.5) is 10.6 Å². The molecule has 0 aliphatic carbocycles. The lowest BCUT2D eigenvalue weighted by molar-refractivity contribution is 0.0635. The fraction of sp³-hybridized carbons (Fsp3) is 0.500. The molecule has 5 nitrogen and oxygen atoms in total. The minimum Gasteiger partial charge on any atom is -0.444 e. The van der Waals surface area contributed by atoms with Gasteiger partial charge in [0.1, 0.15) is 11.4 Å². The second-order valence-corrected chi connectivity index (χ2v) is 7.94. The van der Waals surface area contributed by atoms with Gasteiger partial charge in [-0.25, -0.2) is 14.8 Å². The van der Waals surface area contributed by atoms with E-state index in [1.54, 1.807) is 17.5 Å². The Morgan fingerprint density at radius 1 is 1.33 bits per heavy atom. The minimum atomic E-state index is -0.527. The van der Waals surface area contributed by atoms with E-state index in [-0.39, 0.29) is 0 Å². The van der Waals surface area contributed by atoms with Crippen molar-refractivity contribution in [3.63, 3.8) is 0 Å². The minimum absolute atomic E-state index is 0.459. The number of hydrogen-bond donors (Lipinski definition) is 1. The number of thiazole rings is 1. The third-order valence-electron chi connectivity index (χ3n) is 3.24. The Hall–Kier alpha value is -1.95. The van der Waals surface area contributed by atoms with Gasteiger partial charge in [-0.3, -0.25) is 5.32 Å². The Labute approximate surface area is 147 Å². The summed E-state index contributed by atoms with van der Waals surface area (Å²) >= 11 is 1.70. The maximum atomic E-state index is 11.8. The lowest BCUT2D eigenvalue weighted by atomic mass is 10.1. The summed E-state index contributed by atoms with van der Waals surface area (Å²) < 4.78 is 5.24. The number of pyridine rings is 1. The lowest BCUT2D eigenvalue weighted by Crippen LogP contribution is -2.27. The molecule has 2 aromatic rings. The Balaban J connectivity index is 1.93. The number of anilines is 1. The van der Waals surface area contributed by atoms with Crippen LogP contribution in [0.15, 0.2) is 23.7 Å². The highest BCUT2D eigenvalue weighted by Gasteiger charge is 2.16. The Kier molecular flexibility index (Phi) is 5.94. The molecule has 0 fully saturated rings. The average molecular weight is 347 g/mol. The molecular weight excluding hydrogens is 322 g/mol. The van der Waals surface area contributed by atoms with Crippen LogP contribution in [-0.2, 0) is 17.6 Å². The molecule has 0 saturated heterocycles. The van der Waals surface area contributed by atoms with Crippen molar-refractivity contribution in [2.75, 3.05) is 5.32 Å². The zero-order valence-electron chi connectivity index (χ0n) is 14.9. The van der Waals surface area contributed by atoms with Crippen LogP contribution in [0, 0.1) is 0 Å². The summed E-state index contributed by atoms with van der Waals surface area (Å²) in [6, 6.07) is 3.83. The average Bonchev–Trinajstić information content (AvgIpc) is 2.92. The number of amides is 1. The molecule has 0 atom stereocenters. The first-order valence-electron chi connectivity index (χ1n) is 8.12. The van der Waals surface area contributed by atoms with Gasteiger partial charge in [0, 0.05) is 18.0 Å². The van der Waals surface area contributed by atoms with Gasteiger partial charge in [0.05, 0.1) is 10.7 Å². The van der Waals surface area contributed by atoms with E-state index in [0.29, 0.717) is 11.7 Å². The maximum Gasteiger partial charge on any atom is 0.413 e. The fourth-order valence-corrected chi connectivity index (χ4v) is 3.02. The van der Waals surface area contributed by atoms with E-state index in [4.69, 9.17) is 4.74 Å². The van der Waals surface area contributed by atoms with E-state index in [1.807, 2.05) is 32.9 Å². The zero-order valence-corrected chi connectivity index (χ0v) is 15.7. The first-order chi connectivity index (χ1) is 11.2. The number of carbonyl (C=O) groups is 1. The highest BCUT2D eigenvalue weighted by Crippen LogP contribution is 2.19. The van der Waals surface area contributed by atoms with Gasteiger partial charge in [0.25, 0.3) is 0 Å². The van der Waals surface area contributed by atoms with Gasteiger partial charge in [-0.2, -0.15) is 0 Å². The molecule has 130 valence electrons. The number of nitrogens with one attached hydrogen (secondary N) is 1. The van der Waals surface area contributed by atoms with E-state index in [1.165, 1.54) is 0 Å². The van der Waals surface area contributed by atoms with Gasteiger partial charge in [-0.05, 0) is 50.8 Å². The van der Waals surface area contributed by atoms with E-state index in [9.17, 15) is 4.79 Å². The summed E-state index contributed by atoms with van der Waals surface area (Å²) in [5, 5.41) is 5.93. The van der Waals surface area contributed by atoms with Crippen LogP contribution >= 0.6 is 11.3 Å². The SMILES string of the molecule is CC(C)c1csc(CCc2ccnc(NC(=O)OC(C)(C)C)c2)n1. The first-order valence-corrected chi connectivity index (χ1v) is 9.00. The standard InChI is InChI=1S/C18H25N3O2S/c1-12(2)14-11-24-16(20-14)7-6-13-8-9-19-15(10-13)21-17(22)23-18(3,4)5/h8-12H,6-7H2,1-5H3,(H,19,21,22). The molecular formula is C18H25N3O2S. The molecule has 0 spiro atoms. The molecule has 2 heterocycles. The molecule has 1 amide bonds. The van der Waals surface area contributed by atoms with Crippen molar-refractivity contribution in [1.82, 2.24) is 9.97 Å². The zero-order chi connectivity index (χ0) is 17.7. The second kappa shape index (κ2) is 7.75. The van der Waals surface area contributed by atoms with Crippen LogP contribution in [0.1, 0.15) is 56.8 Å². The third kappa shape index (κ3) is 5.92. The number of hydrogen-bond acceptors (Lipinski definition) is 5. The number of carbonyl (C=O) groups excluding carboxylic acids is 1. The van der Waals surface area contributed by atoms with Crippen molar-refractivity contribution in [3.8, 4) is 0 Å². The monoisotopic (exact) mass is 347 g/mol. The van der Waals surface area contributed by atoms with Crippen LogP contribution in [0.5, 0.6) is 0 Å². The number of nitrogens with zero attached hydrogens (tertiary/aromatic N) is 2. The number of aromatic nitrogens is 2. The van der Waals surface area contributed by atoms with Gasteiger partial charge >= 0.3 is 6.09 Å². The van der Waals surface area contributed by atoms with Crippen molar-refractivity contribution in [1.29, 1.82) is 0 Å². The normalized spacial score (nSPS) is 11.6. The summed E-state index contributed by atoms with van der Waals surface area (Å²) in [5.74, 6) is 0.962. The summed E-state index contributed by atoms with van der Waals surface area (Å²) in [6.07, 6.45) is 2.95. The molecule has 1 N–H and O–H groups in total. The molecule has 2 rings (SSSR count). The van der Waals surface area contributed by atoms with Crippen LogP contribution in [-0.4, -0.2) is 21.7 Å². The van der Waals surface area contributed by atoms with E-state index in [0.717, 1.165) is 29.1 Å². The maximum absolute atomic E-state index is 11.8. The molecule has 0 bridgehead atoms. The van der Waals surface area contributed by atoms with E-state index < -0.39 is 11.7 Å². The molecule has 0 aliphatic heterocycles. The summed E-state index contributed by atoms with van der Waals surface area (Å²) in [4.78, 5) is 20.6. The summed E-state index contributed by atoms with van der Waals surface area (Å²) in [6.45, 7) is 9.79. The van der Waals surface area contributed by atoms with Crippen molar-refractivity contribution in [2.24, 2.45) is 0 Å². The molecule has 2 aromatic heterocycles. The van der Waals surface area contributed by atoms with Crippen LogP contribution in [0.2, 0.25) is 0 Å². The van der Waals surface area contributed by atoms with Crippen LogP contribution in [0.3, 0.4) is 0 Å². The fourth-order valence-electron chi connectivity index (χ4n) is 2.06. The summed E-state index contributed by atoms with van der Waals surface area (Å²) in [7, 11) is 0. The lowest BCUT2D eigenvalue weighted by Gasteiger charge is -2.19. The molecule has 0 radical (unpaired) electrons. The molecule has 0 unspecified atom stereocenters. The Morgan fingerprint density at radius 2 is 2.08 bits per heavy atom. The topological polar surface area (TPSA) is 64.1 Å². The van der Waals surface area contributed by atoms with Crippen molar-refractivity contribution in [3.05, 3.63) is 40.0 Å². The molecule has 0 aliphatic rings. The van der Waals surface area contributed by atoms with Crippen molar-refractivity contribution < 1.29 is 9.53 Å². The molecule has 6 heteroatoms. The number of ether oxygens (including phenoxy) is 1. The van der Waals surface area contributed by atoms with E-state index in [2.05, 4.69) is 34.5 Å². The Morgan fingerprint density at radius 3 is 2.71 bits per heavy atom. The largest absolute Gasteiger partial charge is 0.444 e. The van der Waals surface area contributed by atoms with Crippen molar-refractivity contribution in [2.45, 2.75) is 59.0 Å². The molecule has 0 saturated carbocycles. The van der Waals surface area contributed by atoms with Crippen LogP contribution in [0.25, 0.3) is 0 Å². The van der Waals surface area contributed by atoms with Gasteiger partial charge in [0.15, 0.2) is 0 Å². The highest BCUT2D eigenvalue weighted by molar-refractivity contribution is 7.09. The van der Waals surface area contributed by atoms with Crippen LogP contribution < -0.4 is 5.32 Å². The van der Waals surface area contributed by atoms with E-state index >= 15 is 0 Å². The predicted molar refractivity (Wildman–Crippen MR) is 97.7 cm³/mol. The number of rotatable bonds is 5. The van der Waals surface area contributed by atoms with Crippen molar-refractivity contribution >= 4 is 23.2 Å². The van der Waals surface area contributed by atoms with Gasteiger partial charge in [0.2, 0.25) is 0 Å². The first kappa shape index (κ1) is 18.4.